The zero-order chi connectivity index (χ0) is 15.4. The molecule has 0 amide bonds. The molecule has 4 heteroatoms. The summed E-state index contributed by atoms with van der Waals surface area (Å²) in [5.74, 6) is 2.94. The van der Waals surface area contributed by atoms with Crippen LogP contribution in [0.15, 0.2) is 24.4 Å². The van der Waals surface area contributed by atoms with Crippen molar-refractivity contribution in [2.24, 2.45) is 5.92 Å². The van der Waals surface area contributed by atoms with Gasteiger partial charge in [0, 0.05) is 17.6 Å². The molecule has 0 spiro atoms. The maximum Gasteiger partial charge on any atom is 0.162 e. The summed E-state index contributed by atoms with van der Waals surface area (Å²) in [5, 5.41) is 0.968. The molecule has 1 aliphatic rings. The van der Waals surface area contributed by atoms with Gasteiger partial charge in [0.05, 0.1) is 26.3 Å². The van der Waals surface area contributed by atoms with Crippen molar-refractivity contribution in [2.75, 3.05) is 20.8 Å². The van der Waals surface area contributed by atoms with Gasteiger partial charge in [-0.2, -0.15) is 0 Å². The molecule has 1 aliphatic carbocycles. The highest BCUT2D eigenvalue weighted by Gasteiger charge is 2.15. The van der Waals surface area contributed by atoms with Gasteiger partial charge in [-0.15, -0.1) is 0 Å². The molecule has 0 saturated heterocycles. The Bertz CT molecular complexity index is 636. The number of ether oxygens (including phenoxy) is 3. The first kappa shape index (κ1) is 14.9. The van der Waals surface area contributed by atoms with Gasteiger partial charge in [0.1, 0.15) is 5.75 Å². The second-order valence-corrected chi connectivity index (χ2v) is 5.85. The van der Waals surface area contributed by atoms with Crippen LogP contribution in [0.5, 0.6) is 17.2 Å². The molecule has 1 aromatic carbocycles. The minimum absolute atomic E-state index is 0.678. The summed E-state index contributed by atoms with van der Waals surface area (Å²) in [6.07, 6.45) is 8.36. The molecule has 1 aromatic heterocycles. The molecule has 0 N–H and O–H groups in total. The van der Waals surface area contributed by atoms with E-state index in [1.54, 1.807) is 20.4 Å². The van der Waals surface area contributed by atoms with Crippen molar-refractivity contribution in [3.8, 4) is 17.2 Å². The second kappa shape index (κ2) is 6.86. The first-order chi connectivity index (χ1) is 10.8. The molecule has 1 heterocycles. The van der Waals surface area contributed by atoms with Gasteiger partial charge in [-0.25, -0.2) is 0 Å². The Morgan fingerprint density at radius 2 is 1.73 bits per heavy atom. The Morgan fingerprint density at radius 3 is 2.45 bits per heavy atom. The first-order valence-electron chi connectivity index (χ1n) is 7.95. The summed E-state index contributed by atoms with van der Waals surface area (Å²) >= 11 is 0. The SMILES string of the molecule is COc1cc2nccc(OCC3CCCCC3)c2cc1OC. The molecule has 1 saturated carbocycles. The highest BCUT2D eigenvalue weighted by molar-refractivity contribution is 5.88. The average Bonchev–Trinajstić information content (AvgIpc) is 2.59. The lowest BCUT2D eigenvalue weighted by Gasteiger charge is -2.22. The van der Waals surface area contributed by atoms with Gasteiger partial charge in [-0.1, -0.05) is 19.3 Å². The van der Waals surface area contributed by atoms with E-state index in [0.717, 1.165) is 23.3 Å². The van der Waals surface area contributed by atoms with Crippen LogP contribution < -0.4 is 14.2 Å². The molecular formula is C18H23NO3. The van der Waals surface area contributed by atoms with E-state index in [4.69, 9.17) is 14.2 Å². The molecule has 2 aromatic rings. The summed E-state index contributed by atoms with van der Waals surface area (Å²) in [4.78, 5) is 4.41. The molecule has 1 fully saturated rings. The van der Waals surface area contributed by atoms with Crippen LogP contribution in [0, 0.1) is 5.92 Å². The Hall–Kier alpha value is -1.97. The van der Waals surface area contributed by atoms with Crippen molar-refractivity contribution in [2.45, 2.75) is 32.1 Å². The molecule has 0 unspecified atom stereocenters. The van der Waals surface area contributed by atoms with E-state index in [-0.39, 0.29) is 0 Å². The maximum atomic E-state index is 6.10. The highest BCUT2D eigenvalue weighted by Crippen LogP contribution is 2.35. The predicted molar refractivity (Wildman–Crippen MR) is 86.9 cm³/mol. The highest BCUT2D eigenvalue weighted by atomic mass is 16.5. The van der Waals surface area contributed by atoms with Crippen LogP contribution in [0.4, 0.5) is 0 Å². The molecular weight excluding hydrogens is 278 g/mol. The molecule has 0 radical (unpaired) electrons. The fourth-order valence-corrected chi connectivity index (χ4v) is 3.13. The van der Waals surface area contributed by atoms with Crippen LogP contribution in [-0.2, 0) is 0 Å². The summed E-state index contributed by atoms with van der Waals surface area (Å²) in [6.45, 7) is 0.785. The number of hydrogen-bond acceptors (Lipinski definition) is 4. The molecule has 4 nitrogen and oxygen atoms in total. The lowest BCUT2D eigenvalue weighted by atomic mass is 9.90. The molecule has 22 heavy (non-hydrogen) atoms. The zero-order valence-corrected chi connectivity index (χ0v) is 13.3. The van der Waals surface area contributed by atoms with Crippen molar-refractivity contribution < 1.29 is 14.2 Å². The van der Waals surface area contributed by atoms with Gasteiger partial charge in [0.25, 0.3) is 0 Å². The summed E-state index contributed by atoms with van der Waals surface area (Å²) in [7, 11) is 3.27. The quantitative estimate of drug-likeness (QED) is 0.829. The Labute approximate surface area is 131 Å². The van der Waals surface area contributed by atoms with Gasteiger partial charge in [0.15, 0.2) is 11.5 Å². The third-order valence-corrected chi connectivity index (χ3v) is 4.41. The van der Waals surface area contributed by atoms with Crippen LogP contribution >= 0.6 is 0 Å². The number of nitrogens with zero attached hydrogens (tertiary/aromatic N) is 1. The second-order valence-electron chi connectivity index (χ2n) is 5.85. The van der Waals surface area contributed by atoms with Gasteiger partial charge in [0.2, 0.25) is 0 Å². The third kappa shape index (κ3) is 3.11. The summed E-state index contributed by atoms with van der Waals surface area (Å²) in [5.41, 5.74) is 0.860. The number of rotatable bonds is 5. The van der Waals surface area contributed by atoms with E-state index in [9.17, 15) is 0 Å². The number of methoxy groups -OCH3 is 2. The molecule has 0 bridgehead atoms. The maximum absolute atomic E-state index is 6.10. The molecule has 118 valence electrons. The Balaban J connectivity index is 1.85. The van der Waals surface area contributed by atoms with E-state index < -0.39 is 0 Å². The average molecular weight is 301 g/mol. The van der Waals surface area contributed by atoms with Gasteiger partial charge >= 0.3 is 0 Å². The van der Waals surface area contributed by atoms with E-state index in [1.807, 2.05) is 18.2 Å². The van der Waals surface area contributed by atoms with Crippen LogP contribution in [0.2, 0.25) is 0 Å². The minimum atomic E-state index is 0.678. The van der Waals surface area contributed by atoms with Gasteiger partial charge in [-0.05, 0) is 30.9 Å². The number of aromatic nitrogens is 1. The van der Waals surface area contributed by atoms with Gasteiger partial charge in [-0.3, -0.25) is 4.98 Å². The summed E-state index contributed by atoms with van der Waals surface area (Å²) < 4.78 is 16.8. The van der Waals surface area contributed by atoms with Crippen LogP contribution in [0.3, 0.4) is 0 Å². The molecule has 3 rings (SSSR count). The topological polar surface area (TPSA) is 40.6 Å². The van der Waals surface area contributed by atoms with E-state index >= 15 is 0 Å². The van der Waals surface area contributed by atoms with Crippen molar-refractivity contribution in [1.82, 2.24) is 4.98 Å². The van der Waals surface area contributed by atoms with Crippen molar-refractivity contribution >= 4 is 10.9 Å². The third-order valence-electron chi connectivity index (χ3n) is 4.41. The molecule has 0 aliphatic heterocycles. The van der Waals surface area contributed by atoms with E-state index in [0.29, 0.717) is 17.4 Å². The fourth-order valence-electron chi connectivity index (χ4n) is 3.13. The van der Waals surface area contributed by atoms with E-state index in [2.05, 4.69) is 4.98 Å². The van der Waals surface area contributed by atoms with Crippen LogP contribution in [0.1, 0.15) is 32.1 Å². The lowest BCUT2D eigenvalue weighted by molar-refractivity contribution is 0.210. The molecule has 0 atom stereocenters. The summed E-state index contributed by atoms with van der Waals surface area (Å²) in [6, 6.07) is 5.76. The van der Waals surface area contributed by atoms with Crippen molar-refractivity contribution in [3.05, 3.63) is 24.4 Å². The minimum Gasteiger partial charge on any atom is -0.493 e. The lowest BCUT2D eigenvalue weighted by Crippen LogP contribution is -2.15. The smallest absolute Gasteiger partial charge is 0.162 e. The van der Waals surface area contributed by atoms with Crippen molar-refractivity contribution in [1.29, 1.82) is 0 Å². The predicted octanol–water partition coefficient (Wildman–Crippen LogP) is 4.21. The van der Waals surface area contributed by atoms with Crippen molar-refractivity contribution in [3.63, 3.8) is 0 Å². The van der Waals surface area contributed by atoms with Gasteiger partial charge < -0.3 is 14.2 Å². The number of fused-ring (bicyclic) bond motifs is 1. The first-order valence-corrected chi connectivity index (χ1v) is 7.95. The van der Waals surface area contributed by atoms with Crippen LogP contribution in [-0.4, -0.2) is 25.8 Å². The largest absolute Gasteiger partial charge is 0.493 e. The number of hydrogen-bond donors (Lipinski definition) is 0. The standard InChI is InChI=1S/C18H23NO3/c1-20-17-10-14-15(11-18(17)21-2)19-9-8-16(14)22-12-13-6-4-3-5-7-13/h8-11,13H,3-7,12H2,1-2H3. The number of pyridine rings is 1. The van der Waals surface area contributed by atoms with E-state index in [1.165, 1.54) is 32.1 Å². The Morgan fingerprint density at radius 1 is 1.00 bits per heavy atom. The Kier molecular flexibility index (Phi) is 4.66. The van der Waals surface area contributed by atoms with Crippen LogP contribution in [0.25, 0.3) is 10.9 Å². The zero-order valence-electron chi connectivity index (χ0n) is 13.3. The monoisotopic (exact) mass is 301 g/mol. The fraction of sp³-hybridized carbons (Fsp3) is 0.500. The number of benzene rings is 1. The normalized spacial score (nSPS) is 15.7.